The van der Waals surface area contributed by atoms with Crippen LogP contribution in [0, 0.1) is 11.8 Å². The topological polar surface area (TPSA) is 15.3 Å². The van der Waals surface area contributed by atoms with Crippen molar-refractivity contribution in [3.8, 4) is 0 Å². The van der Waals surface area contributed by atoms with E-state index in [9.17, 15) is 0 Å². The number of nitrogens with zero attached hydrogens (tertiary/aromatic N) is 1. The lowest BCUT2D eigenvalue weighted by Gasteiger charge is -2.26. The Morgan fingerprint density at radius 3 is 2.06 bits per heavy atom. The van der Waals surface area contributed by atoms with Crippen LogP contribution in [0.25, 0.3) is 0 Å². The Hall–Kier alpha value is -0.0800. The van der Waals surface area contributed by atoms with Gasteiger partial charge in [0.15, 0.2) is 0 Å². The molecule has 0 bridgehead atoms. The van der Waals surface area contributed by atoms with Crippen LogP contribution in [0.2, 0.25) is 0 Å². The highest BCUT2D eigenvalue weighted by Crippen LogP contribution is 2.29. The van der Waals surface area contributed by atoms with Crippen LogP contribution in [0.1, 0.15) is 51.9 Å². The maximum absolute atomic E-state index is 3.37. The summed E-state index contributed by atoms with van der Waals surface area (Å²) in [6, 6.07) is 0. The fourth-order valence-corrected chi connectivity index (χ4v) is 2.87. The molecule has 0 radical (unpaired) electrons. The fraction of sp³-hybridized carbons (Fsp3) is 1.00. The summed E-state index contributed by atoms with van der Waals surface area (Å²) in [7, 11) is 0. The molecule has 2 aliphatic carbocycles. The molecule has 3 aliphatic rings. The first-order valence-corrected chi connectivity index (χ1v) is 7.77. The molecule has 1 heterocycles. The van der Waals surface area contributed by atoms with Crippen LogP contribution in [-0.2, 0) is 0 Å². The molecule has 17 heavy (non-hydrogen) atoms. The maximum Gasteiger partial charge on any atom is 0.0107 e. The van der Waals surface area contributed by atoms with Crippen LogP contribution in [0.15, 0.2) is 0 Å². The van der Waals surface area contributed by atoms with Crippen molar-refractivity contribution in [3.05, 3.63) is 0 Å². The fourth-order valence-electron chi connectivity index (χ4n) is 2.87. The van der Waals surface area contributed by atoms with Crippen LogP contribution >= 0.6 is 0 Å². The summed E-state index contributed by atoms with van der Waals surface area (Å²) < 4.78 is 0. The van der Waals surface area contributed by atoms with Gasteiger partial charge in [-0.15, -0.1) is 0 Å². The highest BCUT2D eigenvalue weighted by atomic mass is 15.2. The first kappa shape index (κ1) is 13.4. The molecule has 1 aliphatic heterocycles. The predicted octanol–water partition coefficient (Wildman–Crippen LogP) is 2.89. The molecule has 2 heteroatoms. The molecule has 0 spiro atoms. The summed E-state index contributed by atoms with van der Waals surface area (Å²) in [4.78, 5) is 2.59. The molecule has 1 saturated heterocycles. The second-order valence-electron chi connectivity index (χ2n) is 6.24. The zero-order valence-corrected chi connectivity index (χ0v) is 11.6. The quantitative estimate of drug-likeness (QED) is 0.796. The van der Waals surface area contributed by atoms with E-state index in [1.165, 1.54) is 77.7 Å². The van der Waals surface area contributed by atoms with Crippen molar-refractivity contribution in [2.75, 3.05) is 32.7 Å². The van der Waals surface area contributed by atoms with Gasteiger partial charge in [-0.2, -0.15) is 0 Å². The van der Waals surface area contributed by atoms with E-state index in [1.54, 1.807) is 0 Å². The number of hydrogen-bond donors (Lipinski definition) is 1. The SMILES string of the molecule is C1CN(CC2CC2)CCN1.CC1CCCCC1. The van der Waals surface area contributed by atoms with Crippen LogP contribution in [0.3, 0.4) is 0 Å². The lowest BCUT2D eigenvalue weighted by atomic mass is 9.91. The van der Waals surface area contributed by atoms with Crippen molar-refractivity contribution in [3.63, 3.8) is 0 Å². The molecule has 0 amide bonds. The Morgan fingerprint density at radius 2 is 1.59 bits per heavy atom. The van der Waals surface area contributed by atoms with Gasteiger partial charge < -0.3 is 10.2 Å². The average molecular weight is 238 g/mol. The van der Waals surface area contributed by atoms with E-state index < -0.39 is 0 Å². The average Bonchev–Trinajstić information content (AvgIpc) is 3.16. The van der Waals surface area contributed by atoms with Gasteiger partial charge in [0, 0.05) is 32.7 Å². The van der Waals surface area contributed by atoms with E-state index in [0.717, 1.165) is 11.8 Å². The van der Waals surface area contributed by atoms with Crippen molar-refractivity contribution >= 4 is 0 Å². The summed E-state index contributed by atoms with van der Waals surface area (Å²) in [6.45, 7) is 8.69. The lowest BCUT2D eigenvalue weighted by Crippen LogP contribution is -2.44. The third-order valence-electron chi connectivity index (χ3n) is 4.32. The first-order chi connectivity index (χ1) is 8.34. The van der Waals surface area contributed by atoms with Crippen molar-refractivity contribution < 1.29 is 0 Å². The van der Waals surface area contributed by atoms with E-state index in [-0.39, 0.29) is 0 Å². The second-order valence-corrected chi connectivity index (χ2v) is 6.24. The molecule has 0 unspecified atom stereocenters. The van der Waals surface area contributed by atoms with Gasteiger partial charge in [0.1, 0.15) is 0 Å². The maximum atomic E-state index is 3.37. The first-order valence-electron chi connectivity index (χ1n) is 7.77. The van der Waals surface area contributed by atoms with Crippen LogP contribution < -0.4 is 5.32 Å². The minimum Gasteiger partial charge on any atom is -0.314 e. The van der Waals surface area contributed by atoms with E-state index in [4.69, 9.17) is 0 Å². The Kier molecular flexibility index (Phi) is 5.79. The lowest BCUT2D eigenvalue weighted by molar-refractivity contribution is 0.232. The molecule has 3 rings (SSSR count). The van der Waals surface area contributed by atoms with Crippen molar-refractivity contribution in [1.29, 1.82) is 0 Å². The zero-order chi connectivity index (χ0) is 11.9. The molecule has 100 valence electrons. The van der Waals surface area contributed by atoms with Crippen molar-refractivity contribution in [2.24, 2.45) is 11.8 Å². The van der Waals surface area contributed by atoms with Gasteiger partial charge in [0.05, 0.1) is 0 Å². The van der Waals surface area contributed by atoms with Gasteiger partial charge >= 0.3 is 0 Å². The molecule has 0 aromatic heterocycles. The smallest absolute Gasteiger partial charge is 0.0107 e. The van der Waals surface area contributed by atoms with E-state index in [0.29, 0.717) is 0 Å². The number of rotatable bonds is 2. The largest absolute Gasteiger partial charge is 0.314 e. The molecule has 2 saturated carbocycles. The van der Waals surface area contributed by atoms with Gasteiger partial charge in [-0.3, -0.25) is 0 Å². The van der Waals surface area contributed by atoms with Gasteiger partial charge in [-0.25, -0.2) is 0 Å². The highest BCUT2D eigenvalue weighted by Gasteiger charge is 2.24. The van der Waals surface area contributed by atoms with Gasteiger partial charge in [-0.05, 0) is 24.7 Å². The molecule has 0 aromatic carbocycles. The van der Waals surface area contributed by atoms with Crippen LogP contribution in [-0.4, -0.2) is 37.6 Å². The minimum atomic E-state index is 1.04. The Labute approximate surface area is 107 Å². The Bertz CT molecular complexity index is 189. The van der Waals surface area contributed by atoms with Gasteiger partial charge in [0.25, 0.3) is 0 Å². The third-order valence-corrected chi connectivity index (χ3v) is 4.32. The Morgan fingerprint density at radius 1 is 0.941 bits per heavy atom. The molecule has 2 nitrogen and oxygen atoms in total. The molecule has 1 N–H and O–H groups in total. The second kappa shape index (κ2) is 7.38. The molecular weight excluding hydrogens is 208 g/mol. The minimum absolute atomic E-state index is 1.04. The normalized spacial score (nSPS) is 27.4. The van der Waals surface area contributed by atoms with Gasteiger partial charge in [-0.1, -0.05) is 39.0 Å². The van der Waals surface area contributed by atoms with Crippen LogP contribution in [0.4, 0.5) is 0 Å². The molecule has 3 fully saturated rings. The van der Waals surface area contributed by atoms with E-state index in [2.05, 4.69) is 17.1 Å². The van der Waals surface area contributed by atoms with Gasteiger partial charge in [0.2, 0.25) is 0 Å². The predicted molar refractivity (Wildman–Crippen MR) is 74.3 cm³/mol. The van der Waals surface area contributed by atoms with Crippen LogP contribution in [0.5, 0.6) is 0 Å². The standard InChI is InChI=1S/C8H16N2.C7H14/c1-2-8(1)7-10-5-3-9-4-6-10;1-7-5-3-2-4-6-7/h8-9H,1-7H2;7H,2-6H2,1H3. The van der Waals surface area contributed by atoms with E-state index in [1.807, 2.05) is 0 Å². The summed E-state index contributed by atoms with van der Waals surface area (Å²) >= 11 is 0. The van der Waals surface area contributed by atoms with Crippen molar-refractivity contribution in [1.82, 2.24) is 10.2 Å². The Balaban J connectivity index is 0.000000136. The third kappa shape index (κ3) is 5.87. The monoisotopic (exact) mass is 238 g/mol. The summed E-state index contributed by atoms with van der Waals surface area (Å²) in [5.41, 5.74) is 0. The van der Waals surface area contributed by atoms with Crippen molar-refractivity contribution in [2.45, 2.75) is 51.9 Å². The summed E-state index contributed by atoms with van der Waals surface area (Å²) in [6.07, 6.45) is 10.4. The zero-order valence-electron chi connectivity index (χ0n) is 11.6. The van der Waals surface area contributed by atoms with E-state index >= 15 is 0 Å². The highest BCUT2D eigenvalue weighted by molar-refractivity contribution is 4.79. The summed E-state index contributed by atoms with van der Waals surface area (Å²) in [5.74, 6) is 2.10. The molecule has 0 atom stereocenters. The molecular formula is C15H30N2. The number of hydrogen-bond acceptors (Lipinski definition) is 2. The number of nitrogens with one attached hydrogen (secondary N) is 1. The number of piperazine rings is 1. The molecule has 0 aromatic rings. The summed E-state index contributed by atoms with van der Waals surface area (Å²) in [5, 5.41) is 3.37.